The van der Waals surface area contributed by atoms with Crippen LogP contribution in [-0.2, 0) is 14.3 Å². The molecule has 0 heterocycles. The molecule has 4 heteroatoms. The molecule has 0 aliphatic carbocycles. The van der Waals surface area contributed by atoms with Crippen molar-refractivity contribution < 1.29 is 14.3 Å². The molecule has 0 saturated heterocycles. The van der Waals surface area contributed by atoms with Crippen LogP contribution in [0.4, 0.5) is 0 Å². The summed E-state index contributed by atoms with van der Waals surface area (Å²) in [6, 6.07) is 0. The van der Waals surface area contributed by atoms with E-state index in [1.165, 1.54) is 13.2 Å². The predicted molar refractivity (Wildman–Crippen MR) is 59.4 cm³/mol. The molecular formula is C11H21NO3. The van der Waals surface area contributed by atoms with E-state index in [0.29, 0.717) is 19.1 Å². The van der Waals surface area contributed by atoms with Gasteiger partial charge in [-0.25, -0.2) is 4.79 Å². The fourth-order valence-electron chi connectivity index (χ4n) is 0.831. The molecule has 0 unspecified atom stereocenters. The number of hydrogen-bond donors (Lipinski definition) is 1. The SMILES string of the molecule is COC(=O)/C=C/NCCOCCC(C)C. The number of ether oxygens (including phenoxy) is 2. The van der Waals surface area contributed by atoms with Gasteiger partial charge in [0, 0.05) is 25.4 Å². The molecule has 4 nitrogen and oxygen atoms in total. The third kappa shape index (κ3) is 10.9. The highest BCUT2D eigenvalue weighted by atomic mass is 16.5. The van der Waals surface area contributed by atoms with Crippen LogP contribution in [0, 0.1) is 5.92 Å². The van der Waals surface area contributed by atoms with E-state index in [4.69, 9.17) is 4.74 Å². The number of rotatable bonds is 8. The van der Waals surface area contributed by atoms with Crippen molar-refractivity contribution in [2.75, 3.05) is 26.9 Å². The first kappa shape index (κ1) is 14.0. The summed E-state index contributed by atoms with van der Waals surface area (Å²) in [6.07, 6.45) is 3.99. The first-order chi connectivity index (χ1) is 7.16. The standard InChI is InChI=1S/C11H21NO3/c1-10(2)5-8-15-9-7-12-6-4-11(13)14-3/h4,6,10,12H,5,7-9H2,1-3H3/b6-4+. The van der Waals surface area contributed by atoms with Crippen LogP contribution in [0.25, 0.3) is 0 Å². The minimum atomic E-state index is -0.358. The van der Waals surface area contributed by atoms with Gasteiger partial charge < -0.3 is 14.8 Å². The summed E-state index contributed by atoms with van der Waals surface area (Å²) in [5.74, 6) is 0.320. The van der Waals surface area contributed by atoms with Gasteiger partial charge in [-0.15, -0.1) is 0 Å². The lowest BCUT2D eigenvalue weighted by molar-refractivity contribution is -0.134. The summed E-state index contributed by atoms with van der Waals surface area (Å²) in [5, 5.41) is 2.93. The summed E-state index contributed by atoms with van der Waals surface area (Å²) >= 11 is 0. The lowest BCUT2D eigenvalue weighted by Gasteiger charge is -2.05. The van der Waals surface area contributed by atoms with Crippen LogP contribution >= 0.6 is 0 Å². The van der Waals surface area contributed by atoms with Crippen molar-refractivity contribution in [1.29, 1.82) is 0 Å². The Kier molecular flexibility index (Phi) is 8.87. The summed E-state index contributed by atoms with van der Waals surface area (Å²) in [7, 11) is 1.35. The Morgan fingerprint density at radius 3 is 2.73 bits per heavy atom. The van der Waals surface area contributed by atoms with Gasteiger partial charge >= 0.3 is 5.97 Å². The van der Waals surface area contributed by atoms with E-state index in [9.17, 15) is 4.79 Å². The van der Waals surface area contributed by atoms with Crippen molar-refractivity contribution in [2.24, 2.45) is 5.92 Å². The molecule has 0 atom stereocenters. The molecule has 0 rings (SSSR count). The molecule has 0 aliphatic rings. The van der Waals surface area contributed by atoms with Gasteiger partial charge in [-0.2, -0.15) is 0 Å². The van der Waals surface area contributed by atoms with E-state index in [2.05, 4.69) is 23.9 Å². The largest absolute Gasteiger partial charge is 0.466 e. The minimum Gasteiger partial charge on any atom is -0.466 e. The number of carbonyl (C=O) groups excluding carboxylic acids is 1. The number of methoxy groups -OCH3 is 1. The van der Waals surface area contributed by atoms with Gasteiger partial charge in [-0.1, -0.05) is 13.8 Å². The van der Waals surface area contributed by atoms with Crippen LogP contribution in [0.3, 0.4) is 0 Å². The van der Waals surface area contributed by atoms with Crippen molar-refractivity contribution in [2.45, 2.75) is 20.3 Å². The first-order valence-corrected chi connectivity index (χ1v) is 5.22. The average Bonchev–Trinajstić information content (AvgIpc) is 2.21. The first-order valence-electron chi connectivity index (χ1n) is 5.22. The Bertz CT molecular complexity index is 190. The highest BCUT2D eigenvalue weighted by Gasteiger charge is 1.93. The number of esters is 1. The fourth-order valence-corrected chi connectivity index (χ4v) is 0.831. The molecule has 0 aromatic carbocycles. The maximum atomic E-state index is 10.6. The molecular weight excluding hydrogens is 194 g/mol. The highest BCUT2D eigenvalue weighted by molar-refractivity contribution is 5.81. The van der Waals surface area contributed by atoms with Crippen molar-refractivity contribution in [3.63, 3.8) is 0 Å². The van der Waals surface area contributed by atoms with E-state index < -0.39 is 0 Å². The smallest absolute Gasteiger partial charge is 0.331 e. The Morgan fingerprint density at radius 2 is 2.13 bits per heavy atom. The lowest BCUT2D eigenvalue weighted by atomic mass is 10.1. The van der Waals surface area contributed by atoms with E-state index in [1.54, 1.807) is 6.20 Å². The van der Waals surface area contributed by atoms with Crippen LogP contribution < -0.4 is 5.32 Å². The molecule has 0 bridgehead atoms. The monoisotopic (exact) mass is 215 g/mol. The second kappa shape index (κ2) is 9.52. The maximum absolute atomic E-state index is 10.6. The number of carbonyl (C=O) groups is 1. The van der Waals surface area contributed by atoms with Crippen LogP contribution in [0.1, 0.15) is 20.3 Å². The number of nitrogens with one attached hydrogen (secondary N) is 1. The zero-order valence-corrected chi connectivity index (χ0v) is 9.79. The highest BCUT2D eigenvalue weighted by Crippen LogP contribution is 1.98. The topological polar surface area (TPSA) is 47.6 Å². The maximum Gasteiger partial charge on any atom is 0.331 e. The Balaban J connectivity index is 3.18. The second-order valence-corrected chi connectivity index (χ2v) is 3.61. The van der Waals surface area contributed by atoms with Crippen molar-refractivity contribution in [3.05, 3.63) is 12.3 Å². The van der Waals surface area contributed by atoms with Gasteiger partial charge in [0.25, 0.3) is 0 Å². The van der Waals surface area contributed by atoms with Crippen LogP contribution in [0.2, 0.25) is 0 Å². The van der Waals surface area contributed by atoms with Gasteiger partial charge in [-0.3, -0.25) is 0 Å². The van der Waals surface area contributed by atoms with Gasteiger partial charge in [0.1, 0.15) is 0 Å². The average molecular weight is 215 g/mol. The van der Waals surface area contributed by atoms with Crippen LogP contribution in [0.5, 0.6) is 0 Å². The molecule has 0 amide bonds. The normalized spacial score (nSPS) is 10.9. The number of hydrogen-bond acceptors (Lipinski definition) is 4. The zero-order valence-electron chi connectivity index (χ0n) is 9.79. The molecule has 0 aromatic rings. The molecule has 88 valence electrons. The molecule has 0 spiro atoms. The van der Waals surface area contributed by atoms with Crippen molar-refractivity contribution >= 4 is 5.97 Å². The Morgan fingerprint density at radius 1 is 1.40 bits per heavy atom. The predicted octanol–water partition coefficient (Wildman–Crippen LogP) is 1.33. The molecule has 0 saturated carbocycles. The van der Waals surface area contributed by atoms with E-state index in [-0.39, 0.29) is 5.97 Å². The minimum absolute atomic E-state index is 0.358. The molecule has 0 aromatic heterocycles. The Hall–Kier alpha value is -1.03. The summed E-state index contributed by atoms with van der Waals surface area (Å²) in [5.41, 5.74) is 0. The molecule has 1 N–H and O–H groups in total. The van der Waals surface area contributed by atoms with E-state index in [1.807, 2.05) is 0 Å². The van der Waals surface area contributed by atoms with Gasteiger partial charge in [-0.05, 0) is 12.3 Å². The third-order valence-electron chi connectivity index (χ3n) is 1.77. The van der Waals surface area contributed by atoms with Crippen molar-refractivity contribution in [1.82, 2.24) is 5.32 Å². The second-order valence-electron chi connectivity index (χ2n) is 3.61. The molecule has 0 fully saturated rings. The van der Waals surface area contributed by atoms with E-state index in [0.717, 1.165) is 13.0 Å². The summed E-state index contributed by atoms with van der Waals surface area (Å²) in [4.78, 5) is 10.6. The zero-order chi connectivity index (χ0) is 11.5. The third-order valence-corrected chi connectivity index (χ3v) is 1.77. The van der Waals surface area contributed by atoms with Gasteiger partial charge in [0.05, 0.1) is 13.7 Å². The Labute approximate surface area is 91.6 Å². The quantitative estimate of drug-likeness (QED) is 0.377. The molecule has 15 heavy (non-hydrogen) atoms. The lowest BCUT2D eigenvalue weighted by Crippen LogP contribution is -2.15. The van der Waals surface area contributed by atoms with Crippen LogP contribution in [0.15, 0.2) is 12.3 Å². The molecule has 0 radical (unpaired) electrons. The van der Waals surface area contributed by atoms with Crippen LogP contribution in [-0.4, -0.2) is 32.8 Å². The van der Waals surface area contributed by atoms with E-state index >= 15 is 0 Å². The summed E-state index contributed by atoms with van der Waals surface area (Å²) in [6.45, 7) is 6.48. The fraction of sp³-hybridized carbons (Fsp3) is 0.727. The van der Waals surface area contributed by atoms with Crippen molar-refractivity contribution in [3.8, 4) is 0 Å². The summed E-state index contributed by atoms with van der Waals surface area (Å²) < 4.78 is 9.79. The van der Waals surface area contributed by atoms with Gasteiger partial charge in [0.15, 0.2) is 0 Å². The van der Waals surface area contributed by atoms with Gasteiger partial charge in [0.2, 0.25) is 0 Å². The molecule has 0 aliphatic heterocycles.